The number of amides is 2. The first-order valence-corrected chi connectivity index (χ1v) is 13.5. The van der Waals surface area contributed by atoms with E-state index in [4.69, 9.17) is 5.73 Å². The molecule has 5 N–H and O–H groups in total. The number of hydrogen-bond donors (Lipinski definition) is 4. The number of Topliss-reactive ketones (excluding diaryl/α,β-unsaturated/α-hetero) is 4. The SMILES string of the molecule is CN(C)[C@@H]1C(=O)C(C(N)=O)C(=O)[C@@]2(O)C(=O)C3C(=O)c4c(O)c(NC(=O)CN5CCCC5)cc(F)c4C[C@@]3(C)C[C@@H]12. The maximum absolute atomic E-state index is 15.5. The summed E-state index contributed by atoms with van der Waals surface area (Å²) in [6.07, 6.45) is 1.42. The Balaban J connectivity index is 1.57. The Morgan fingerprint density at radius 3 is 2.39 bits per heavy atom. The fraction of sp³-hybridized carbons (Fsp3) is 0.571. The number of phenols is 1. The molecule has 1 aromatic rings. The van der Waals surface area contributed by atoms with Crippen LogP contribution in [0.25, 0.3) is 0 Å². The van der Waals surface area contributed by atoms with Gasteiger partial charge >= 0.3 is 0 Å². The molecule has 12 nitrogen and oxygen atoms in total. The number of primary amides is 1. The number of halogens is 1. The summed E-state index contributed by atoms with van der Waals surface area (Å²) in [6, 6.07) is -0.346. The molecule has 5 rings (SSSR count). The van der Waals surface area contributed by atoms with Gasteiger partial charge in [0.25, 0.3) is 0 Å². The maximum atomic E-state index is 15.5. The van der Waals surface area contributed by atoms with Gasteiger partial charge in [0.2, 0.25) is 11.8 Å². The number of fused-ring (bicyclic) bond motifs is 3. The molecule has 4 aliphatic rings. The van der Waals surface area contributed by atoms with E-state index in [1.807, 2.05) is 4.90 Å². The highest BCUT2D eigenvalue weighted by Crippen LogP contribution is 2.57. The molecule has 6 atom stereocenters. The zero-order valence-electron chi connectivity index (χ0n) is 23.0. The van der Waals surface area contributed by atoms with Crippen molar-refractivity contribution in [2.24, 2.45) is 28.9 Å². The van der Waals surface area contributed by atoms with Gasteiger partial charge in [-0.25, -0.2) is 4.39 Å². The van der Waals surface area contributed by atoms with Crippen LogP contribution in [0.2, 0.25) is 0 Å². The third kappa shape index (κ3) is 4.20. The summed E-state index contributed by atoms with van der Waals surface area (Å²) in [5, 5.41) is 25.2. The Hall–Kier alpha value is -3.55. The molecule has 13 heteroatoms. The van der Waals surface area contributed by atoms with E-state index in [0.717, 1.165) is 32.0 Å². The fourth-order valence-electron chi connectivity index (χ4n) is 7.44. The van der Waals surface area contributed by atoms with Gasteiger partial charge < -0.3 is 21.3 Å². The molecule has 1 heterocycles. The lowest BCUT2D eigenvalue weighted by Crippen LogP contribution is -2.75. The topological polar surface area (TPSA) is 187 Å². The van der Waals surface area contributed by atoms with E-state index in [1.54, 1.807) is 0 Å². The number of hydrogen-bond acceptors (Lipinski definition) is 10. The predicted octanol–water partition coefficient (Wildman–Crippen LogP) is -0.569. The summed E-state index contributed by atoms with van der Waals surface area (Å²) >= 11 is 0. The molecule has 0 aromatic heterocycles. The van der Waals surface area contributed by atoms with E-state index in [0.29, 0.717) is 0 Å². The number of carbonyl (C=O) groups is 6. The molecule has 3 fully saturated rings. The van der Waals surface area contributed by atoms with Gasteiger partial charge in [0, 0.05) is 17.5 Å². The number of nitrogens with two attached hydrogens (primary N) is 1. The summed E-state index contributed by atoms with van der Waals surface area (Å²) < 4.78 is 15.5. The van der Waals surface area contributed by atoms with Crippen molar-refractivity contribution in [2.75, 3.05) is 39.0 Å². The van der Waals surface area contributed by atoms with Crippen molar-refractivity contribution in [1.29, 1.82) is 0 Å². The molecular weight excluding hydrogens is 539 g/mol. The zero-order valence-corrected chi connectivity index (χ0v) is 23.0. The first kappa shape index (κ1) is 29.0. The molecule has 2 amide bonds. The number of aliphatic hydroxyl groups is 1. The predicted molar refractivity (Wildman–Crippen MR) is 140 cm³/mol. The van der Waals surface area contributed by atoms with Crippen LogP contribution in [0.5, 0.6) is 5.75 Å². The van der Waals surface area contributed by atoms with E-state index >= 15 is 4.39 Å². The van der Waals surface area contributed by atoms with E-state index in [2.05, 4.69) is 5.32 Å². The Labute approximate surface area is 235 Å². The smallest absolute Gasteiger partial charge is 0.238 e. The van der Waals surface area contributed by atoms with Crippen LogP contribution in [0.4, 0.5) is 10.1 Å². The largest absolute Gasteiger partial charge is 0.505 e. The molecule has 2 unspecified atom stereocenters. The molecule has 41 heavy (non-hydrogen) atoms. The maximum Gasteiger partial charge on any atom is 0.238 e. The average Bonchev–Trinajstić information content (AvgIpc) is 3.37. The van der Waals surface area contributed by atoms with Crippen molar-refractivity contribution in [3.8, 4) is 5.75 Å². The van der Waals surface area contributed by atoms with Crippen LogP contribution < -0.4 is 11.1 Å². The van der Waals surface area contributed by atoms with Crippen LogP contribution in [0.3, 0.4) is 0 Å². The van der Waals surface area contributed by atoms with Gasteiger partial charge in [-0.15, -0.1) is 0 Å². The zero-order chi connectivity index (χ0) is 30.2. The molecule has 1 aromatic carbocycles. The van der Waals surface area contributed by atoms with Crippen molar-refractivity contribution in [1.82, 2.24) is 9.80 Å². The highest BCUT2D eigenvalue weighted by atomic mass is 19.1. The van der Waals surface area contributed by atoms with Gasteiger partial charge in [0.1, 0.15) is 11.6 Å². The monoisotopic (exact) mass is 572 g/mol. The first-order chi connectivity index (χ1) is 19.1. The van der Waals surface area contributed by atoms with Crippen LogP contribution in [0.1, 0.15) is 42.1 Å². The van der Waals surface area contributed by atoms with Crippen molar-refractivity contribution in [2.45, 2.75) is 44.2 Å². The second-order valence-corrected chi connectivity index (χ2v) is 12.2. The summed E-state index contributed by atoms with van der Waals surface area (Å²) in [5.74, 6) is -13.1. The van der Waals surface area contributed by atoms with Crippen LogP contribution in [0.15, 0.2) is 6.07 Å². The van der Waals surface area contributed by atoms with Gasteiger partial charge in [-0.1, -0.05) is 6.92 Å². The highest BCUT2D eigenvalue weighted by molar-refractivity contribution is 6.32. The van der Waals surface area contributed by atoms with Crippen molar-refractivity contribution < 1.29 is 43.4 Å². The minimum Gasteiger partial charge on any atom is -0.505 e. The van der Waals surface area contributed by atoms with Gasteiger partial charge in [-0.3, -0.25) is 38.6 Å². The van der Waals surface area contributed by atoms with E-state index < -0.39 is 86.9 Å². The Kier molecular flexibility index (Phi) is 6.91. The average molecular weight is 573 g/mol. The molecule has 2 saturated carbocycles. The number of aromatic hydroxyl groups is 1. The molecule has 0 spiro atoms. The summed E-state index contributed by atoms with van der Waals surface area (Å²) in [5.41, 5.74) is 0.0504. The second kappa shape index (κ2) is 9.78. The number of anilines is 1. The Morgan fingerprint density at radius 1 is 1.17 bits per heavy atom. The van der Waals surface area contributed by atoms with Crippen molar-refractivity contribution >= 4 is 40.6 Å². The number of rotatable bonds is 5. The van der Waals surface area contributed by atoms with E-state index in [9.17, 15) is 39.0 Å². The minimum atomic E-state index is -2.89. The van der Waals surface area contributed by atoms with Gasteiger partial charge in [-0.2, -0.15) is 0 Å². The van der Waals surface area contributed by atoms with E-state index in [-0.39, 0.29) is 30.6 Å². The molecule has 1 aliphatic heterocycles. The van der Waals surface area contributed by atoms with Crippen molar-refractivity contribution in [3.05, 3.63) is 23.0 Å². The third-order valence-electron chi connectivity index (χ3n) is 9.28. The van der Waals surface area contributed by atoms with Crippen LogP contribution >= 0.6 is 0 Å². The molecular formula is C28H33FN4O8. The molecule has 3 aliphatic carbocycles. The van der Waals surface area contributed by atoms with Gasteiger partial charge in [0.15, 0.2) is 34.7 Å². The lowest BCUT2D eigenvalue weighted by molar-refractivity contribution is -0.185. The number of phenolic OH excluding ortho intramolecular Hbond substituents is 1. The third-order valence-corrected chi connectivity index (χ3v) is 9.28. The lowest BCUT2D eigenvalue weighted by atomic mass is 9.47. The fourth-order valence-corrected chi connectivity index (χ4v) is 7.44. The number of likely N-dealkylation sites (N-methyl/N-ethyl adjacent to an activating group) is 1. The van der Waals surface area contributed by atoms with Gasteiger partial charge in [0.05, 0.1) is 29.8 Å². The Bertz CT molecular complexity index is 1410. The number of nitrogens with one attached hydrogen (secondary N) is 1. The molecule has 0 radical (unpaired) electrons. The van der Waals surface area contributed by atoms with Gasteiger partial charge in [-0.05, 0) is 58.3 Å². The van der Waals surface area contributed by atoms with Crippen LogP contribution in [0, 0.1) is 29.0 Å². The molecule has 220 valence electrons. The second-order valence-electron chi connectivity index (χ2n) is 12.2. The Morgan fingerprint density at radius 2 is 1.80 bits per heavy atom. The summed E-state index contributed by atoms with van der Waals surface area (Å²) in [4.78, 5) is 82.5. The van der Waals surface area contributed by atoms with E-state index in [1.165, 1.54) is 25.9 Å². The van der Waals surface area contributed by atoms with Crippen LogP contribution in [-0.4, -0.2) is 100 Å². The normalized spacial score (nSPS) is 33.4. The molecule has 0 bridgehead atoms. The number of carbonyl (C=O) groups excluding carboxylic acids is 6. The standard InChI is InChI=1S/C28H33FN4O8/c1-27-9-12-14(29)8-15(31-16(34)11-33-6-4-5-7-33)21(35)17(12)22(36)19(27)25(39)28(41)13(10-27)20(32(2)3)23(37)18(24(28)38)26(30)40/h8,13,18-20,35,41H,4-7,9-11H2,1-3H3,(H2,30,40)(H,31,34)/t13-,18?,19?,20-,27-,28+/m0/s1. The number of likely N-dealkylation sites (tertiary alicyclic amines) is 1. The lowest BCUT2D eigenvalue weighted by Gasteiger charge is -2.56. The summed E-state index contributed by atoms with van der Waals surface area (Å²) in [7, 11) is 2.96. The summed E-state index contributed by atoms with van der Waals surface area (Å²) in [6.45, 7) is 2.98. The first-order valence-electron chi connectivity index (χ1n) is 13.5. The number of benzene rings is 1. The highest BCUT2D eigenvalue weighted by Gasteiger charge is 2.71. The minimum absolute atomic E-state index is 0.00853. The quantitative estimate of drug-likeness (QED) is 0.263. The molecule has 1 saturated heterocycles. The van der Waals surface area contributed by atoms with Crippen LogP contribution in [-0.2, 0) is 30.4 Å². The number of nitrogens with zero attached hydrogens (tertiary/aromatic N) is 2. The number of ketones is 4. The van der Waals surface area contributed by atoms with Crippen molar-refractivity contribution in [3.63, 3.8) is 0 Å².